The van der Waals surface area contributed by atoms with Crippen LogP contribution in [0.15, 0.2) is 72.8 Å². The highest BCUT2D eigenvalue weighted by Crippen LogP contribution is 2.23. The summed E-state index contributed by atoms with van der Waals surface area (Å²) in [6, 6.07) is 19.7. The molecule has 4 rings (SSSR count). The first-order valence-electron chi connectivity index (χ1n) is 11.3. The summed E-state index contributed by atoms with van der Waals surface area (Å²) in [4.78, 5) is 27.6. The monoisotopic (exact) mass is 463 g/mol. The number of amides is 2. The number of rotatable bonds is 8. The normalized spacial score (nSPS) is 15.4. The fourth-order valence-corrected chi connectivity index (χ4v) is 4.14. The lowest BCUT2D eigenvalue weighted by Gasteiger charge is -2.35. The zero-order valence-corrected chi connectivity index (χ0v) is 18.8. The molecule has 2 N–H and O–H groups in total. The molecule has 0 saturated carbocycles. The minimum absolute atomic E-state index is 0.0750. The molecule has 0 aromatic heterocycles. The van der Waals surface area contributed by atoms with Crippen molar-refractivity contribution in [1.82, 2.24) is 15.5 Å². The SMILES string of the molecule is O=C(CN1Cc2ccccc2CC1C(=O)NCCc1ccc(F)cc1)NCc1ccc(F)cc1. The van der Waals surface area contributed by atoms with E-state index in [0.717, 1.165) is 22.3 Å². The smallest absolute Gasteiger partial charge is 0.237 e. The van der Waals surface area contributed by atoms with Gasteiger partial charge in [-0.15, -0.1) is 0 Å². The third kappa shape index (κ3) is 6.26. The Labute approximate surface area is 197 Å². The van der Waals surface area contributed by atoms with Crippen LogP contribution in [0.1, 0.15) is 22.3 Å². The van der Waals surface area contributed by atoms with Gasteiger partial charge in [0, 0.05) is 19.6 Å². The van der Waals surface area contributed by atoms with Crippen LogP contribution in [-0.4, -0.2) is 35.8 Å². The molecular formula is C27H27F2N3O2. The summed E-state index contributed by atoms with van der Waals surface area (Å²) in [5, 5.41) is 5.82. The van der Waals surface area contributed by atoms with Crippen LogP contribution >= 0.6 is 0 Å². The van der Waals surface area contributed by atoms with Crippen molar-refractivity contribution in [1.29, 1.82) is 0 Å². The van der Waals surface area contributed by atoms with E-state index in [1.165, 1.54) is 24.3 Å². The van der Waals surface area contributed by atoms with E-state index in [1.807, 2.05) is 29.2 Å². The fourth-order valence-electron chi connectivity index (χ4n) is 4.14. The van der Waals surface area contributed by atoms with Crippen molar-refractivity contribution in [2.24, 2.45) is 0 Å². The van der Waals surface area contributed by atoms with Crippen LogP contribution in [-0.2, 0) is 35.5 Å². The maximum Gasteiger partial charge on any atom is 0.237 e. The molecule has 34 heavy (non-hydrogen) atoms. The van der Waals surface area contributed by atoms with Crippen LogP contribution in [0.2, 0.25) is 0 Å². The number of hydrogen-bond acceptors (Lipinski definition) is 3. The fraction of sp³-hybridized carbons (Fsp3) is 0.259. The van der Waals surface area contributed by atoms with Gasteiger partial charge >= 0.3 is 0 Å². The Morgan fingerprint density at radius 2 is 1.44 bits per heavy atom. The maximum atomic E-state index is 13.1. The van der Waals surface area contributed by atoms with Gasteiger partial charge in [-0.2, -0.15) is 0 Å². The molecule has 0 fully saturated rings. The van der Waals surface area contributed by atoms with E-state index in [-0.39, 0.29) is 36.5 Å². The summed E-state index contributed by atoms with van der Waals surface area (Å²) in [5.41, 5.74) is 3.94. The highest BCUT2D eigenvalue weighted by Gasteiger charge is 2.32. The van der Waals surface area contributed by atoms with E-state index in [9.17, 15) is 18.4 Å². The molecule has 0 spiro atoms. The molecule has 1 aliphatic heterocycles. The second-order valence-corrected chi connectivity index (χ2v) is 8.46. The summed E-state index contributed by atoms with van der Waals surface area (Å²) in [6.45, 7) is 1.28. The highest BCUT2D eigenvalue weighted by molar-refractivity contribution is 5.84. The Morgan fingerprint density at radius 3 is 2.12 bits per heavy atom. The van der Waals surface area contributed by atoms with Crippen LogP contribution in [0.5, 0.6) is 0 Å². The topological polar surface area (TPSA) is 61.4 Å². The minimum atomic E-state index is -0.473. The Kier molecular flexibility index (Phi) is 7.65. The molecule has 176 valence electrons. The second kappa shape index (κ2) is 11.0. The third-order valence-electron chi connectivity index (χ3n) is 6.02. The van der Waals surface area contributed by atoms with Crippen molar-refractivity contribution >= 4 is 11.8 Å². The van der Waals surface area contributed by atoms with Gasteiger partial charge in [-0.3, -0.25) is 14.5 Å². The number of fused-ring (bicyclic) bond motifs is 1. The molecular weight excluding hydrogens is 436 g/mol. The van der Waals surface area contributed by atoms with Gasteiger partial charge in [0.1, 0.15) is 11.6 Å². The van der Waals surface area contributed by atoms with Gasteiger partial charge in [0.05, 0.1) is 12.6 Å². The Morgan fingerprint density at radius 1 is 0.824 bits per heavy atom. The van der Waals surface area contributed by atoms with Gasteiger partial charge < -0.3 is 10.6 Å². The van der Waals surface area contributed by atoms with Crippen molar-refractivity contribution in [2.45, 2.75) is 32.0 Å². The minimum Gasteiger partial charge on any atom is -0.354 e. The number of carbonyl (C=O) groups is 2. The van der Waals surface area contributed by atoms with Gasteiger partial charge in [-0.05, 0) is 59.4 Å². The van der Waals surface area contributed by atoms with Gasteiger partial charge in [-0.1, -0.05) is 48.5 Å². The molecule has 0 bridgehead atoms. The lowest BCUT2D eigenvalue weighted by Crippen LogP contribution is -2.53. The zero-order chi connectivity index (χ0) is 23.9. The first-order chi connectivity index (χ1) is 16.5. The number of carbonyl (C=O) groups excluding carboxylic acids is 2. The Bertz CT molecular complexity index is 1130. The van der Waals surface area contributed by atoms with E-state index in [4.69, 9.17) is 0 Å². The van der Waals surface area contributed by atoms with Crippen molar-refractivity contribution < 1.29 is 18.4 Å². The molecule has 3 aromatic carbocycles. The van der Waals surface area contributed by atoms with Crippen molar-refractivity contribution in [3.63, 3.8) is 0 Å². The molecule has 3 aromatic rings. The van der Waals surface area contributed by atoms with Crippen molar-refractivity contribution in [2.75, 3.05) is 13.1 Å². The number of halogens is 2. The second-order valence-electron chi connectivity index (χ2n) is 8.46. The largest absolute Gasteiger partial charge is 0.354 e. The quantitative estimate of drug-likeness (QED) is 0.539. The molecule has 1 atom stereocenters. The molecule has 7 heteroatoms. The standard InChI is InChI=1S/C27H27F2N3O2/c28-23-9-5-19(6-10-23)13-14-30-27(34)25-15-21-3-1-2-4-22(21)17-32(25)18-26(33)31-16-20-7-11-24(29)12-8-20/h1-12,25H,13-18H2,(H,30,34)(H,31,33). The molecule has 0 radical (unpaired) electrons. The molecule has 1 unspecified atom stereocenters. The predicted molar refractivity (Wildman–Crippen MR) is 126 cm³/mol. The molecule has 1 heterocycles. The zero-order valence-electron chi connectivity index (χ0n) is 18.8. The van der Waals surface area contributed by atoms with Crippen LogP contribution in [0.25, 0.3) is 0 Å². The summed E-state index contributed by atoms with van der Waals surface area (Å²) in [7, 11) is 0. The Hall–Kier alpha value is -3.58. The molecule has 2 amide bonds. The number of nitrogens with zero attached hydrogens (tertiary/aromatic N) is 1. The van der Waals surface area contributed by atoms with Crippen molar-refractivity contribution in [3.05, 3.63) is 107 Å². The van der Waals surface area contributed by atoms with Crippen LogP contribution in [0.3, 0.4) is 0 Å². The van der Waals surface area contributed by atoms with E-state index in [0.29, 0.717) is 25.9 Å². The molecule has 1 aliphatic rings. The average Bonchev–Trinajstić information content (AvgIpc) is 2.84. The summed E-state index contributed by atoms with van der Waals surface area (Å²) >= 11 is 0. The van der Waals surface area contributed by atoms with Gasteiger partial charge in [0.15, 0.2) is 0 Å². The first kappa shape index (κ1) is 23.6. The summed E-state index contributed by atoms with van der Waals surface area (Å²) in [5.74, 6) is -0.951. The molecule has 5 nitrogen and oxygen atoms in total. The average molecular weight is 464 g/mol. The van der Waals surface area contributed by atoms with E-state index in [1.54, 1.807) is 24.3 Å². The number of hydrogen-bond donors (Lipinski definition) is 2. The lowest BCUT2D eigenvalue weighted by atomic mass is 9.93. The first-order valence-corrected chi connectivity index (χ1v) is 11.3. The molecule has 0 saturated heterocycles. The van der Waals surface area contributed by atoms with E-state index >= 15 is 0 Å². The highest BCUT2D eigenvalue weighted by atomic mass is 19.1. The van der Waals surface area contributed by atoms with Gasteiger partial charge in [0.25, 0.3) is 0 Å². The lowest BCUT2D eigenvalue weighted by molar-refractivity contribution is -0.129. The van der Waals surface area contributed by atoms with E-state index in [2.05, 4.69) is 10.6 Å². The van der Waals surface area contributed by atoms with Crippen molar-refractivity contribution in [3.8, 4) is 0 Å². The number of benzene rings is 3. The summed E-state index contributed by atoms with van der Waals surface area (Å²) < 4.78 is 26.2. The number of nitrogens with one attached hydrogen (secondary N) is 2. The van der Waals surface area contributed by atoms with Gasteiger partial charge in [0.2, 0.25) is 11.8 Å². The molecule has 0 aliphatic carbocycles. The maximum absolute atomic E-state index is 13.1. The van der Waals surface area contributed by atoms with Gasteiger partial charge in [-0.25, -0.2) is 8.78 Å². The third-order valence-corrected chi connectivity index (χ3v) is 6.02. The Balaban J connectivity index is 1.37. The predicted octanol–water partition coefficient (Wildman–Crippen LogP) is 3.37. The van der Waals surface area contributed by atoms with E-state index < -0.39 is 6.04 Å². The van der Waals surface area contributed by atoms with Crippen LogP contribution < -0.4 is 10.6 Å². The summed E-state index contributed by atoms with van der Waals surface area (Å²) in [6.07, 6.45) is 1.11. The van der Waals surface area contributed by atoms with Crippen LogP contribution in [0.4, 0.5) is 8.78 Å². The van der Waals surface area contributed by atoms with Crippen LogP contribution in [0, 0.1) is 11.6 Å².